The second kappa shape index (κ2) is 13.9. The lowest BCUT2D eigenvalue weighted by Gasteiger charge is -2.14. The molecule has 0 aliphatic heterocycles. The number of nitrogens with two attached hydrogens (primary N) is 2. The van der Waals surface area contributed by atoms with Crippen molar-refractivity contribution < 1.29 is 14.3 Å². The molecule has 0 radical (unpaired) electrons. The van der Waals surface area contributed by atoms with Crippen LogP contribution in [0.4, 0.5) is 11.4 Å². The SMILES string of the molecule is CCCCCCCCCCCCOC(=O)[C@H](C)NC(=O)c1cc(N)cc(N)c1. The summed E-state index contributed by atoms with van der Waals surface area (Å²) >= 11 is 0. The highest BCUT2D eigenvalue weighted by molar-refractivity contribution is 5.98. The molecule has 28 heavy (non-hydrogen) atoms. The number of unbranched alkanes of at least 4 members (excludes halogenated alkanes) is 9. The Hall–Kier alpha value is -2.24. The van der Waals surface area contributed by atoms with Crippen LogP contribution in [0.3, 0.4) is 0 Å². The molecule has 0 bridgehead atoms. The van der Waals surface area contributed by atoms with E-state index >= 15 is 0 Å². The summed E-state index contributed by atoms with van der Waals surface area (Å²) in [6.45, 7) is 4.23. The van der Waals surface area contributed by atoms with Crippen molar-refractivity contribution in [3.8, 4) is 0 Å². The first-order valence-electron chi connectivity index (χ1n) is 10.6. The summed E-state index contributed by atoms with van der Waals surface area (Å²) in [6.07, 6.45) is 12.3. The molecule has 1 aromatic rings. The predicted molar refractivity (Wildman–Crippen MR) is 115 cm³/mol. The number of carbonyl (C=O) groups is 2. The summed E-state index contributed by atoms with van der Waals surface area (Å²) in [6, 6.07) is 3.89. The van der Waals surface area contributed by atoms with Gasteiger partial charge >= 0.3 is 5.97 Å². The molecular formula is C22H37N3O3. The normalized spacial score (nSPS) is 11.8. The zero-order chi connectivity index (χ0) is 20.8. The number of amides is 1. The molecule has 0 heterocycles. The summed E-state index contributed by atoms with van der Waals surface area (Å²) in [7, 11) is 0. The average molecular weight is 392 g/mol. The molecule has 6 heteroatoms. The lowest BCUT2D eigenvalue weighted by atomic mass is 10.1. The fraction of sp³-hybridized carbons (Fsp3) is 0.636. The molecule has 1 rings (SSSR count). The van der Waals surface area contributed by atoms with Gasteiger partial charge in [0.1, 0.15) is 6.04 Å². The molecule has 1 atom stereocenters. The number of carbonyl (C=O) groups excluding carboxylic acids is 2. The van der Waals surface area contributed by atoms with Crippen LogP contribution >= 0.6 is 0 Å². The van der Waals surface area contributed by atoms with Crippen molar-refractivity contribution >= 4 is 23.3 Å². The molecule has 0 aliphatic rings. The second-order valence-corrected chi connectivity index (χ2v) is 7.43. The number of nitrogen functional groups attached to an aromatic ring is 2. The predicted octanol–water partition coefficient (Wildman–Crippen LogP) is 4.43. The Morgan fingerprint density at radius 2 is 1.39 bits per heavy atom. The molecule has 0 aliphatic carbocycles. The van der Waals surface area contributed by atoms with Gasteiger partial charge in [-0.3, -0.25) is 4.79 Å². The Balaban J connectivity index is 2.12. The smallest absolute Gasteiger partial charge is 0.328 e. The van der Waals surface area contributed by atoms with E-state index in [-0.39, 0.29) is 0 Å². The fourth-order valence-electron chi connectivity index (χ4n) is 3.03. The minimum atomic E-state index is -0.724. The van der Waals surface area contributed by atoms with Crippen LogP contribution in [-0.4, -0.2) is 24.5 Å². The third-order valence-electron chi connectivity index (χ3n) is 4.68. The van der Waals surface area contributed by atoms with Crippen molar-refractivity contribution in [2.24, 2.45) is 0 Å². The first-order valence-corrected chi connectivity index (χ1v) is 10.6. The molecule has 0 fully saturated rings. The van der Waals surface area contributed by atoms with Crippen LogP contribution in [0.15, 0.2) is 18.2 Å². The van der Waals surface area contributed by atoms with Crippen LogP contribution in [0.5, 0.6) is 0 Å². The van der Waals surface area contributed by atoms with Crippen LogP contribution in [0.25, 0.3) is 0 Å². The van der Waals surface area contributed by atoms with E-state index in [0.29, 0.717) is 23.5 Å². The summed E-state index contributed by atoms with van der Waals surface area (Å²) in [5.41, 5.74) is 12.5. The van der Waals surface area contributed by atoms with Gasteiger partial charge in [-0.2, -0.15) is 0 Å². The van der Waals surface area contributed by atoms with Crippen molar-refractivity contribution in [1.82, 2.24) is 5.32 Å². The van der Waals surface area contributed by atoms with Crippen LogP contribution in [0.2, 0.25) is 0 Å². The third kappa shape index (κ3) is 10.2. The Morgan fingerprint density at radius 1 is 0.893 bits per heavy atom. The molecule has 0 unspecified atom stereocenters. The highest BCUT2D eigenvalue weighted by Crippen LogP contribution is 2.14. The molecule has 1 amide bonds. The summed E-state index contributed by atoms with van der Waals surface area (Å²) in [5, 5.41) is 2.62. The van der Waals surface area contributed by atoms with E-state index in [4.69, 9.17) is 16.2 Å². The largest absolute Gasteiger partial charge is 0.464 e. The zero-order valence-corrected chi connectivity index (χ0v) is 17.5. The monoisotopic (exact) mass is 391 g/mol. The number of esters is 1. The van der Waals surface area contributed by atoms with Crippen LogP contribution in [0.1, 0.15) is 88.4 Å². The van der Waals surface area contributed by atoms with Gasteiger partial charge in [-0.15, -0.1) is 0 Å². The molecule has 0 saturated heterocycles. The van der Waals surface area contributed by atoms with E-state index in [9.17, 15) is 9.59 Å². The Bertz CT molecular complexity index is 584. The van der Waals surface area contributed by atoms with E-state index in [2.05, 4.69) is 12.2 Å². The Labute approximate surface area is 169 Å². The van der Waals surface area contributed by atoms with Gasteiger partial charge in [0.15, 0.2) is 0 Å². The highest BCUT2D eigenvalue weighted by atomic mass is 16.5. The number of rotatable bonds is 14. The summed E-state index contributed by atoms with van der Waals surface area (Å²) < 4.78 is 5.26. The Morgan fingerprint density at radius 3 is 1.93 bits per heavy atom. The number of ether oxygens (including phenoxy) is 1. The van der Waals surface area contributed by atoms with Crippen LogP contribution < -0.4 is 16.8 Å². The molecule has 0 aromatic heterocycles. The molecule has 5 N–H and O–H groups in total. The first kappa shape index (κ1) is 23.8. The van der Waals surface area contributed by atoms with Crippen LogP contribution in [-0.2, 0) is 9.53 Å². The third-order valence-corrected chi connectivity index (χ3v) is 4.68. The van der Waals surface area contributed by atoms with Gasteiger partial charge in [-0.05, 0) is 31.5 Å². The molecular weight excluding hydrogens is 354 g/mol. The molecule has 6 nitrogen and oxygen atoms in total. The second-order valence-electron chi connectivity index (χ2n) is 7.43. The summed E-state index contributed by atoms with van der Waals surface area (Å²) in [4.78, 5) is 24.2. The van der Waals surface area contributed by atoms with E-state index in [1.54, 1.807) is 13.0 Å². The van der Waals surface area contributed by atoms with E-state index in [1.165, 1.54) is 63.5 Å². The minimum Gasteiger partial charge on any atom is -0.464 e. The van der Waals surface area contributed by atoms with Crippen molar-refractivity contribution in [2.75, 3.05) is 18.1 Å². The average Bonchev–Trinajstić information content (AvgIpc) is 2.65. The van der Waals surface area contributed by atoms with Crippen molar-refractivity contribution in [2.45, 2.75) is 84.1 Å². The first-order chi connectivity index (χ1) is 13.4. The molecule has 0 spiro atoms. The highest BCUT2D eigenvalue weighted by Gasteiger charge is 2.18. The summed E-state index contributed by atoms with van der Waals surface area (Å²) in [5.74, 6) is -0.830. The number of hydrogen-bond donors (Lipinski definition) is 3. The van der Waals surface area contributed by atoms with E-state index in [0.717, 1.165) is 12.8 Å². The standard InChI is InChI=1S/C22H37N3O3/c1-3-4-5-6-7-8-9-10-11-12-13-28-22(27)17(2)25-21(26)18-14-19(23)16-20(24)15-18/h14-17H,3-13,23-24H2,1-2H3,(H,25,26)/t17-/m0/s1. The van der Waals surface area contributed by atoms with Gasteiger partial charge in [0, 0.05) is 16.9 Å². The quantitative estimate of drug-likeness (QED) is 0.247. The van der Waals surface area contributed by atoms with Crippen molar-refractivity contribution in [3.05, 3.63) is 23.8 Å². The van der Waals surface area contributed by atoms with Gasteiger partial charge in [0.2, 0.25) is 0 Å². The number of nitrogens with one attached hydrogen (secondary N) is 1. The lowest BCUT2D eigenvalue weighted by Crippen LogP contribution is -2.39. The number of anilines is 2. The number of benzene rings is 1. The molecule has 158 valence electrons. The minimum absolute atomic E-state index is 0.326. The maximum Gasteiger partial charge on any atom is 0.328 e. The lowest BCUT2D eigenvalue weighted by molar-refractivity contribution is -0.145. The maximum absolute atomic E-state index is 12.2. The topological polar surface area (TPSA) is 107 Å². The van der Waals surface area contributed by atoms with Gasteiger partial charge in [-0.1, -0.05) is 64.7 Å². The maximum atomic E-state index is 12.2. The number of hydrogen-bond acceptors (Lipinski definition) is 5. The van der Waals surface area contributed by atoms with Gasteiger partial charge in [0.05, 0.1) is 6.61 Å². The van der Waals surface area contributed by atoms with Gasteiger partial charge in [0.25, 0.3) is 5.91 Å². The van der Waals surface area contributed by atoms with E-state index in [1.807, 2.05) is 0 Å². The zero-order valence-electron chi connectivity index (χ0n) is 17.5. The fourth-order valence-corrected chi connectivity index (χ4v) is 3.03. The molecule has 0 saturated carbocycles. The van der Waals surface area contributed by atoms with E-state index < -0.39 is 17.9 Å². The van der Waals surface area contributed by atoms with Gasteiger partial charge < -0.3 is 21.5 Å². The Kier molecular flexibility index (Phi) is 11.8. The van der Waals surface area contributed by atoms with Crippen LogP contribution in [0, 0.1) is 0 Å². The van der Waals surface area contributed by atoms with Crippen molar-refractivity contribution in [1.29, 1.82) is 0 Å². The van der Waals surface area contributed by atoms with Crippen molar-refractivity contribution in [3.63, 3.8) is 0 Å². The molecule has 1 aromatic carbocycles. The van der Waals surface area contributed by atoms with Gasteiger partial charge in [-0.25, -0.2) is 4.79 Å².